The lowest BCUT2D eigenvalue weighted by Crippen LogP contribution is -2.31. The molecule has 0 aliphatic rings. The third kappa shape index (κ3) is 4.86. The molecular weight excluding hydrogens is 222 g/mol. The van der Waals surface area contributed by atoms with E-state index >= 15 is 0 Å². The van der Waals surface area contributed by atoms with E-state index in [1.807, 2.05) is 13.8 Å². The zero-order valence-corrected chi connectivity index (χ0v) is 10.5. The topological polar surface area (TPSA) is 65.4 Å². The number of hydrogen-bond acceptors (Lipinski definition) is 4. The summed E-state index contributed by atoms with van der Waals surface area (Å²) in [5.74, 6) is 0.430. The highest BCUT2D eigenvalue weighted by molar-refractivity contribution is 5.77. The van der Waals surface area contributed by atoms with Crippen molar-refractivity contribution in [2.24, 2.45) is 0 Å². The van der Waals surface area contributed by atoms with E-state index in [9.17, 15) is 4.79 Å². The molecule has 0 radical (unpaired) electrons. The fraction of sp³-hybridized carbons (Fsp3) is 0.636. The number of hydrogen-bond donors (Lipinski definition) is 1. The molecule has 0 aromatic carbocycles. The highest BCUT2D eigenvalue weighted by Gasteiger charge is 2.05. The fourth-order valence-electron chi connectivity index (χ4n) is 1.17. The predicted molar refractivity (Wildman–Crippen MR) is 63.0 cm³/mol. The lowest BCUT2D eigenvalue weighted by Gasteiger charge is -2.05. The number of methoxy groups -OCH3 is 1. The van der Waals surface area contributed by atoms with Crippen molar-refractivity contribution in [1.82, 2.24) is 15.1 Å². The molecule has 0 spiro atoms. The number of nitrogens with zero attached hydrogens (tertiary/aromatic N) is 2. The Morgan fingerprint density at radius 3 is 2.94 bits per heavy atom. The highest BCUT2D eigenvalue weighted by Crippen LogP contribution is 2.11. The molecule has 6 heteroatoms. The third-order valence-electron chi connectivity index (χ3n) is 2.11. The van der Waals surface area contributed by atoms with Gasteiger partial charge in [-0.05, 0) is 13.8 Å². The minimum absolute atomic E-state index is 0.00645. The summed E-state index contributed by atoms with van der Waals surface area (Å²) in [6, 6.07) is 0.280. The van der Waals surface area contributed by atoms with Gasteiger partial charge in [0.25, 0.3) is 5.91 Å². The summed E-state index contributed by atoms with van der Waals surface area (Å²) in [6.45, 7) is 5.02. The molecule has 17 heavy (non-hydrogen) atoms. The quantitative estimate of drug-likeness (QED) is 0.710. The van der Waals surface area contributed by atoms with Crippen LogP contribution in [0.25, 0.3) is 0 Å². The Morgan fingerprint density at radius 1 is 1.59 bits per heavy atom. The Labute approximate surface area is 101 Å². The van der Waals surface area contributed by atoms with Crippen LogP contribution in [-0.4, -0.2) is 42.6 Å². The first kappa shape index (κ1) is 13.5. The van der Waals surface area contributed by atoms with E-state index in [4.69, 9.17) is 9.47 Å². The minimum atomic E-state index is -0.167. The largest absolute Gasteiger partial charge is 0.480 e. The van der Waals surface area contributed by atoms with Gasteiger partial charge in [0, 0.05) is 19.7 Å². The van der Waals surface area contributed by atoms with Crippen LogP contribution in [0, 0.1) is 0 Å². The molecule has 1 N–H and O–H groups in total. The van der Waals surface area contributed by atoms with E-state index in [0.717, 1.165) is 0 Å². The van der Waals surface area contributed by atoms with E-state index < -0.39 is 0 Å². The molecule has 0 atom stereocenters. The Morgan fingerprint density at radius 2 is 2.35 bits per heavy atom. The van der Waals surface area contributed by atoms with E-state index in [0.29, 0.717) is 18.9 Å². The van der Waals surface area contributed by atoms with Crippen LogP contribution in [0.2, 0.25) is 0 Å². The van der Waals surface area contributed by atoms with Gasteiger partial charge >= 0.3 is 0 Å². The average Bonchev–Trinajstić information content (AvgIpc) is 2.75. The maximum absolute atomic E-state index is 11.3. The van der Waals surface area contributed by atoms with Gasteiger partial charge in [0.2, 0.25) is 0 Å². The standard InChI is InChI=1S/C11H19N3O3/c1-9(2)14-7-10(6-13-14)17-8-11(15)12-4-5-16-3/h6-7,9H,4-5,8H2,1-3H3,(H,12,15). The molecule has 0 saturated heterocycles. The molecule has 0 fully saturated rings. The van der Waals surface area contributed by atoms with Gasteiger partial charge in [-0.3, -0.25) is 9.48 Å². The molecule has 0 aliphatic heterocycles. The fourth-order valence-corrected chi connectivity index (χ4v) is 1.17. The molecule has 0 saturated carbocycles. The van der Waals surface area contributed by atoms with Gasteiger partial charge in [-0.1, -0.05) is 0 Å². The lowest BCUT2D eigenvalue weighted by molar-refractivity contribution is -0.123. The van der Waals surface area contributed by atoms with Gasteiger partial charge in [0.15, 0.2) is 12.4 Å². The number of carbonyl (C=O) groups excluding carboxylic acids is 1. The Hall–Kier alpha value is -1.56. The van der Waals surface area contributed by atoms with Crippen molar-refractivity contribution in [2.45, 2.75) is 19.9 Å². The van der Waals surface area contributed by atoms with Crippen LogP contribution in [0.5, 0.6) is 5.75 Å². The molecule has 0 aliphatic carbocycles. The molecule has 0 unspecified atom stereocenters. The summed E-state index contributed by atoms with van der Waals surface area (Å²) >= 11 is 0. The lowest BCUT2D eigenvalue weighted by atomic mass is 10.4. The van der Waals surface area contributed by atoms with Gasteiger partial charge in [-0.25, -0.2) is 0 Å². The van der Waals surface area contributed by atoms with Crippen molar-refractivity contribution >= 4 is 5.91 Å². The summed E-state index contributed by atoms with van der Waals surface area (Å²) in [5, 5.41) is 6.78. The van der Waals surface area contributed by atoms with Crippen molar-refractivity contribution < 1.29 is 14.3 Å². The van der Waals surface area contributed by atoms with Gasteiger partial charge in [0.05, 0.1) is 19.0 Å². The normalized spacial score (nSPS) is 10.6. The number of amides is 1. The minimum Gasteiger partial charge on any atom is -0.480 e. The number of nitrogens with one attached hydrogen (secondary N) is 1. The molecule has 1 aromatic heterocycles. The van der Waals surface area contributed by atoms with Crippen molar-refractivity contribution in [1.29, 1.82) is 0 Å². The maximum Gasteiger partial charge on any atom is 0.258 e. The molecule has 1 amide bonds. The van der Waals surface area contributed by atoms with Crippen LogP contribution in [0.1, 0.15) is 19.9 Å². The van der Waals surface area contributed by atoms with Crippen LogP contribution < -0.4 is 10.1 Å². The molecular formula is C11H19N3O3. The second-order valence-corrected chi connectivity index (χ2v) is 3.88. The van der Waals surface area contributed by atoms with Gasteiger partial charge in [0.1, 0.15) is 0 Å². The van der Waals surface area contributed by atoms with Crippen LogP contribution in [0.4, 0.5) is 0 Å². The van der Waals surface area contributed by atoms with E-state index in [2.05, 4.69) is 10.4 Å². The second kappa shape index (κ2) is 6.90. The Bertz CT molecular complexity index is 349. The van der Waals surface area contributed by atoms with Gasteiger partial charge in [-0.2, -0.15) is 5.10 Å². The molecule has 1 heterocycles. The highest BCUT2D eigenvalue weighted by atomic mass is 16.5. The van der Waals surface area contributed by atoms with E-state index in [1.54, 1.807) is 24.2 Å². The van der Waals surface area contributed by atoms with Crippen LogP contribution in [-0.2, 0) is 9.53 Å². The number of ether oxygens (including phenoxy) is 2. The first-order chi connectivity index (χ1) is 8.13. The average molecular weight is 241 g/mol. The van der Waals surface area contributed by atoms with Crippen molar-refractivity contribution in [3.63, 3.8) is 0 Å². The van der Waals surface area contributed by atoms with Gasteiger partial charge in [-0.15, -0.1) is 0 Å². The second-order valence-electron chi connectivity index (χ2n) is 3.88. The molecule has 96 valence electrons. The zero-order valence-electron chi connectivity index (χ0n) is 10.5. The summed E-state index contributed by atoms with van der Waals surface area (Å²) in [7, 11) is 1.59. The summed E-state index contributed by atoms with van der Waals surface area (Å²) in [6.07, 6.45) is 3.37. The Balaban J connectivity index is 2.27. The summed E-state index contributed by atoms with van der Waals surface area (Å²) in [5.41, 5.74) is 0. The predicted octanol–water partition coefficient (Wildman–Crippen LogP) is 0.605. The van der Waals surface area contributed by atoms with Crippen LogP contribution in [0.3, 0.4) is 0 Å². The summed E-state index contributed by atoms with van der Waals surface area (Å²) < 4.78 is 11.9. The SMILES string of the molecule is COCCNC(=O)COc1cnn(C(C)C)c1. The number of rotatable bonds is 7. The maximum atomic E-state index is 11.3. The summed E-state index contributed by atoms with van der Waals surface area (Å²) in [4.78, 5) is 11.3. The van der Waals surface area contributed by atoms with Crippen LogP contribution in [0.15, 0.2) is 12.4 Å². The first-order valence-electron chi connectivity index (χ1n) is 5.56. The van der Waals surface area contributed by atoms with E-state index in [-0.39, 0.29) is 18.6 Å². The monoisotopic (exact) mass is 241 g/mol. The van der Waals surface area contributed by atoms with Gasteiger partial charge < -0.3 is 14.8 Å². The molecule has 0 bridgehead atoms. The number of aromatic nitrogens is 2. The molecule has 1 aromatic rings. The third-order valence-corrected chi connectivity index (χ3v) is 2.11. The van der Waals surface area contributed by atoms with Crippen LogP contribution >= 0.6 is 0 Å². The number of carbonyl (C=O) groups is 1. The zero-order chi connectivity index (χ0) is 12.7. The van der Waals surface area contributed by atoms with Crippen molar-refractivity contribution in [2.75, 3.05) is 26.9 Å². The smallest absolute Gasteiger partial charge is 0.258 e. The molecule has 6 nitrogen and oxygen atoms in total. The molecule has 1 rings (SSSR count). The van der Waals surface area contributed by atoms with E-state index in [1.165, 1.54) is 0 Å². The Kier molecular flexibility index (Phi) is 5.48. The first-order valence-corrected chi connectivity index (χ1v) is 5.56. The van der Waals surface area contributed by atoms with Crippen molar-refractivity contribution in [3.05, 3.63) is 12.4 Å². The van der Waals surface area contributed by atoms with Crippen molar-refractivity contribution in [3.8, 4) is 5.75 Å².